The molecule has 0 aromatic heterocycles. The van der Waals surface area contributed by atoms with E-state index < -0.39 is 18.2 Å². The molecule has 32 heavy (non-hydrogen) atoms. The molecule has 0 bridgehead atoms. The number of fused-ring (bicyclic) bond motifs is 4. The number of carbonyl (C=O) groups is 1. The second kappa shape index (κ2) is 6.12. The number of hydrogen-bond acceptors (Lipinski definition) is 4. The van der Waals surface area contributed by atoms with E-state index in [4.69, 9.17) is 4.74 Å². The predicted molar refractivity (Wildman–Crippen MR) is 120 cm³/mol. The topological polar surface area (TPSA) is 87.0 Å². The molecule has 0 radical (unpaired) electrons. The fourth-order valence-electron chi connectivity index (χ4n) is 11.4. The van der Waals surface area contributed by atoms with E-state index in [2.05, 4.69) is 34.6 Å². The van der Waals surface area contributed by atoms with Gasteiger partial charge in [0.25, 0.3) is 0 Å². The van der Waals surface area contributed by atoms with E-state index in [0.717, 1.165) is 32.1 Å². The highest BCUT2D eigenvalue weighted by atomic mass is 16.5. The van der Waals surface area contributed by atoms with Crippen LogP contribution in [-0.4, -0.2) is 45.7 Å². The summed E-state index contributed by atoms with van der Waals surface area (Å²) in [6, 6.07) is 0. The molecule has 1 saturated heterocycles. The van der Waals surface area contributed by atoms with Crippen molar-refractivity contribution in [3.63, 3.8) is 0 Å². The Labute approximate surface area is 192 Å². The molecule has 1 aliphatic heterocycles. The molecular weight excluding hydrogens is 404 g/mol. The molecule has 0 aromatic rings. The second-order valence-corrected chi connectivity index (χ2v) is 13.9. The molecule has 5 heteroatoms. The van der Waals surface area contributed by atoms with Crippen LogP contribution in [0.1, 0.15) is 86.0 Å². The molecule has 180 valence electrons. The fraction of sp³-hybridized carbons (Fsp3) is 0.963. The highest BCUT2D eigenvalue weighted by Crippen LogP contribution is 2.89. The second-order valence-electron chi connectivity index (χ2n) is 13.9. The van der Waals surface area contributed by atoms with Crippen LogP contribution in [0.5, 0.6) is 0 Å². The van der Waals surface area contributed by atoms with E-state index in [1.807, 2.05) is 0 Å². The third-order valence-electron chi connectivity index (χ3n) is 13.1. The first-order valence-electron chi connectivity index (χ1n) is 13.1. The molecule has 3 N–H and O–H groups in total. The first kappa shape index (κ1) is 21.9. The van der Waals surface area contributed by atoms with Crippen LogP contribution in [0.4, 0.5) is 0 Å². The van der Waals surface area contributed by atoms with Crippen LogP contribution in [0, 0.1) is 50.7 Å². The van der Waals surface area contributed by atoms with Crippen molar-refractivity contribution in [3.05, 3.63) is 0 Å². The van der Waals surface area contributed by atoms with Crippen LogP contribution >= 0.6 is 0 Å². The van der Waals surface area contributed by atoms with Crippen LogP contribution in [-0.2, 0) is 9.53 Å². The molecule has 5 nitrogen and oxygen atoms in total. The molecule has 2 spiro atoms. The van der Waals surface area contributed by atoms with Gasteiger partial charge >= 0.3 is 5.97 Å². The zero-order valence-corrected chi connectivity index (χ0v) is 20.4. The standard InChI is InChI=1S/C27H42O5/c1-14-12-15(22(30)31)32-20-19(14)24(4)10-11-27-13-26(27)9-8-18(28)23(2,3)16(26)6-7-17(27)25(24,5)21(20)29/h14-21,28-29H,6-13H2,1-5H3,(H,30,31)/t14?,15-,16+,17+,18+,19?,20+,21+,24-,25-,26?,27+/m1/s1. The van der Waals surface area contributed by atoms with E-state index >= 15 is 0 Å². The van der Waals surface area contributed by atoms with Crippen molar-refractivity contribution in [1.82, 2.24) is 0 Å². The highest BCUT2D eigenvalue weighted by Gasteiger charge is 2.84. The van der Waals surface area contributed by atoms with Crippen molar-refractivity contribution in [2.75, 3.05) is 0 Å². The smallest absolute Gasteiger partial charge is 0.332 e. The average molecular weight is 447 g/mol. The summed E-state index contributed by atoms with van der Waals surface area (Å²) < 4.78 is 6.17. The van der Waals surface area contributed by atoms with Crippen molar-refractivity contribution >= 4 is 5.97 Å². The number of hydrogen-bond donors (Lipinski definition) is 3. The van der Waals surface area contributed by atoms with Gasteiger partial charge in [0.2, 0.25) is 0 Å². The first-order chi connectivity index (χ1) is 14.9. The summed E-state index contributed by atoms with van der Waals surface area (Å²) in [5, 5.41) is 32.4. The molecule has 12 atom stereocenters. The Morgan fingerprint density at radius 3 is 2.28 bits per heavy atom. The molecule has 6 fully saturated rings. The number of aliphatic hydroxyl groups excluding tert-OH is 2. The minimum Gasteiger partial charge on any atom is -0.479 e. The van der Waals surface area contributed by atoms with Gasteiger partial charge in [0.15, 0.2) is 6.10 Å². The zero-order valence-electron chi connectivity index (χ0n) is 20.4. The van der Waals surface area contributed by atoms with Crippen molar-refractivity contribution in [2.24, 2.45) is 50.7 Å². The van der Waals surface area contributed by atoms with Crippen molar-refractivity contribution in [1.29, 1.82) is 0 Å². The lowest BCUT2D eigenvalue weighted by Gasteiger charge is -2.63. The van der Waals surface area contributed by atoms with Gasteiger partial charge in [-0.05, 0) is 96.7 Å². The quantitative estimate of drug-likeness (QED) is 0.561. The van der Waals surface area contributed by atoms with Crippen LogP contribution in [0.15, 0.2) is 0 Å². The number of ether oxygens (including phenoxy) is 1. The van der Waals surface area contributed by atoms with Gasteiger partial charge in [-0.2, -0.15) is 0 Å². The Balaban J connectivity index is 1.40. The lowest BCUT2D eigenvalue weighted by atomic mass is 9.41. The molecule has 3 unspecified atom stereocenters. The maximum absolute atomic E-state index is 11.9. The number of carboxylic acids is 1. The van der Waals surface area contributed by atoms with Gasteiger partial charge < -0.3 is 20.1 Å². The Kier molecular flexibility index (Phi) is 4.18. The van der Waals surface area contributed by atoms with Crippen molar-refractivity contribution in [3.8, 4) is 0 Å². The van der Waals surface area contributed by atoms with Crippen LogP contribution in [0.2, 0.25) is 0 Å². The van der Waals surface area contributed by atoms with Gasteiger partial charge in [0.1, 0.15) is 0 Å². The summed E-state index contributed by atoms with van der Waals surface area (Å²) in [5.74, 6) is 0.575. The molecule has 0 aromatic carbocycles. The predicted octanol–water partition coefficient (Wildman–Crippen LogP) is 4.25. The monoisotopic (exact) mass is 446 g/mol. The molecule has 6 rings (SSSR count). The third-order valence-corrected chi connectivity index (χ3v) is 13.1. The summed E-state index contributed by atoms with van der Waals surface area (Å²) in [6.07, 6.45) is 6.41. The van der Waals surface area contributed by atoms with Crippen LogP contribution in [0.3, 0.4) is 0 Å². The maximum atomic E-state index is 11.9. The van der Waals surface area contributed by atoms with E-state index in [1.54, 1.807) is 0 Å². The Hall–Kier alpha value is -0.650. The average Bonchev–Trinajstić information content (AvgIpc) is 3.36. The van der Waals surface area contributed by atoms with E-state index in [0.29, 0.717) is 23.7 Å². The van der Waals surface area contributed by atoms with E-state index in [9.17, 15) is 20.1 Å². The largest absolute Gasteiger partial charge is 0.479 e. The highest BCUT2D eigenvalue weighted by molar-refractivity contribution is 5.72. The normalized spacial score (nSPS) is 62.1. The number of carboxylic acid groups (broad SMARTS) is 1. The van der Waals surface area contributed by atoms with Crippen LogP contribution < -0.4 is 0 Å². The minimum atomic E-state index is -0.895. The summed E-state index contributed by atoms with van der Waals surface area (Å²) in [7, 11) is 0. The molecular formula is C27H42O5. The molecule has 5 saturated carbocycles. The summed E-state index contributed by atoms with van der Waals surface area (Å²) in [6.45, 7) is 11.5. The Morgan fingerprint density at radius 1 is 0.938 bits per heavy atom. The minimum absolute atomic E-state index is 0.0315. The Bertz CT molecular complexity index is 855. The van der Waals surface area contributed by atoms with Gasteiger partial charge in [0, 0.05) is 5.41 Å². The van der Waals surface area contributed by atoms with Gasteiger partial charge in [-0.1, -0.05) is 34.6 Å². The summed E-state index contributed by atoms with van der Waals surface area (Å²) in [4.78, 5) is 11.8. The van der Waals surface area contributed by atoms with Gasteiger partial charge in [-0.15, -0.1) is 0 Å². The van der Waals surface area contributed by atoms with Crippen LogP contribution in [0.25, 0.3) is 0 Å². The third kappa shape index (κ3) is 2.13. The fourth-order valence-corrected chi connectivity index (χ4v) is 11.4. The Morgan fingerprint density at radius 2 is 1.59 bits per heavy atom. The molecule has 5 aliphatic carbocycles. The first-order valence-corrected chi connectivity index (χ1v) is 13.1. The molecule has 0 amide bonds. The maximum Gasteiger partial charge on any atom is 0.332 e. The summed E-state index contributed by atoms with van der Waals surface area (Å²) >= 11 is 0. The van der Waals surface area contributed by atoms with Gasteiger partial charge in [-0.25, -0.2) is 4.79 Å². The number of rotatable bonds is 1. The number of aliphatic hydroxyl groups is 2. The van der Waals surface area contributed by atoms with Gasteiger partial charge in [-0.3, -0.25) is 0 Å². The molecule has 6 aliphatic rings. The van der Waals surface area contributed by atoms with Crippen molar-refractivity contribution < 1.29 is 24.9 Å². The SMILES string of the molecule is CC1C[C@H](C(=O)O)O[C@H]2C1[C@@]1(C)CC[C@@]34CC35CC[C@H](O)C(C)(C)[C@@H]5CC[C@H]4[C@]1(C)[C@H]2O. The lowest BCUT2D eigenvalue weighted by Crippen LogP contribution is -2.59. The van der Waals surface area contributed by atoms with Crippen molar-refractivity contribution in [2.45, 2.75) is 110 Å². The summed E-state index contributed by atoms with van der Waals surface area (Å²) in [5.41, 5.74) is 0.286. The lowest BCUT2D eigenvalue weighted by molar-refractivity contribution is -0.183. The van der Waals surface area contributed by atoms with E-state index in [1.165, 1.54) is 12.8 Å². The van der Waals surface area contributed by atoms with E-state index in [-0.39, 0.29) is 45.7 Å². The molecule has 1 heterocycles. The zero-order chi connectivity index (χ0) is 23.1. The van der Waals surface area contributed by atoms with Gasteiger partial charge in [0.05, 0.1) is 18.3 Å². The number of aliphatic carboxylic acids is 1.